The molecule has 12 heteroatoms. The van der Waals surface area contributed by atoms with Gasteiger partial charge in [-0.2, -0.15) is 5.11 Å². The minimum Gasteiger partial charge on any atom is -0.480 e. The fraction of sp³-hybridized carbons (Fsp3) is 0.500. The van der Waals surface area contributed by atoms with Crippen LogP contribution in [-0.4, -0.2) is 63.5 Å². The van der Waals surface area contributed by atoms with Gasteiger partial charge in [0.15, 0.2) is 0 Å². The van der Waals surface area contributed by atoms with Crippen molar-refractivity contribution in [3.8, 4) is 0 Å². The second-order valence-electron chi connectivity index (χ2n) is 4.43. The number of rotatable bonds is 13. The van der Waals surface area contributed by atoms with Gasteiger partial charge < -0.3 is 25.0 Å². The minimum atomic E-state index is -1.02. The SMILES string of the molecule is N=N/C(=C\NCC(=O)O)COCCOCc1cn(CC(=O)O)nn1. The lowest BCUT2D eigenvalue weighted by molar-refractivity contribution is -0.138. The predicted octanol–water partition coefficient (Wildman–Crippen LogP) is -0.558. The highest BCUT2D eigenvalue weighted by molar-refractivity contribution is 5.69. The topological polar surface area (TPSA) is 172 Å². The first-order chi connectivity index (χ1) is 11.5. The summed E-state index contributed by atoms with van der Waals surface area (Å²) in [5, 5.41) is 30.1. The average molecular weight is 342 g/mol. The van der Waals surface area contributed by atoms with Crippen LogP contribution in [0.15, 0.2) is 23.2 Å². The predicted molar refractivity (Wildman–Crippen MR) is 77.0 cm³/mol. The third kappa shape index (κ3) is 8.55. The van der Waals surface area contributed by atoms with E-state index in [0.717, 1.165) is 0 Å². The van der Waals surface area contributed by atoms with E-state index in [0.29, 0.717) is 5.69 Å². The maximum absolute atomic E-state index is 10.5. The summed E-state index contributed by atoms with van der Waals surface area (Å²) in [6, 6.07) is 0. The van der Waals surface area contributed by atoms with Gasteiger partial charge in [0.05, 0.1) is 32.6 Å². The largest absolute Gasteiger partial charge is 0.480 e. The molecule has 0 amide bonds. The first-order valence-corrected chi connectivity index (χ1v) is 6.79. The molecule has 12 nitrogen and oxygen atoms in total. The molecule has 0 radical (unpaired) electrons. The molecule has 0 aliphatic heterocycles. The molecule has 1 rings (SSSR count). The Labute approximate surface area is 136 Å². The molecular weight excluding hydrogens is 324 g/mol. The number of carboxylic acid groups (broad SMARTS) is 2. The molecule has 132 valence electrons. The van der Waals surface area contributed by atoms with Gasteiger partial charge in [0.2, 0.25) is 0 Å². The Hall–Kier alpha value is -2.86. The molecule has 0 unspecified atom stereocenters. The number of ether oxygens (including phenoxy) is 2. The van der Waals surface area contributed by atoms with E-state index in [1.807, 2.05) is 0 Å². The van der Waals surface area contributed by atoms with Crippen molar-refractivity contribution in [2.75, 3.05) is 26.4 Å². The Morgan fingerprint density at radius 3 is 2.75 bits per heavy atom. The minimum absolute atomic E-state index is 0.0360. The number of carboxylic acids is 2. The number of aromatic nitrogens is 3. The van der Waals surface area contributed by atoms with Gasteiger partial charge in [-0.1, -0.05) is 5.21 Å². The van der Waals surface area contributed by atoms with Gasteiger partial charge >= 0.3 is 11.9 Å². The van der Waals surface area contributed by atoms with Crippen LogP contribution < -0.4 is 5.32 Å². The highest BCUT2D eigenvalue weighted by Crippen LogP contribution is 1.98. The van der Waals surface area contributed by atoms with Crippen LogP contribution in [0.1, 0.15) is 5.69 Å². The van der Waals surface area contributed by atoms with E-state index in [4.69, 9.17) is 25.2 Å². The van der Waals surface area contributed by atoms with E-state index in [9.17, 15) is 9.59 Å². The van der Waals surface area contributed by atoms with Crippen LogP contribution >= 0.6 is 0 Å². The molecule has 0 bridgehead atoms. The van der Waals surface area contributed by atoms with Gasteiger partial charge in [-0.05, 0) is 0 Å². The maximum Gasteiger partial charge on any atom is 0.325 e. The van der Waals surface area contributed by atoms with Crippen LogP contribution in [0.2, 0.25) is 0 Å². The number of carbonyl (C=O) groups is 2. The zero-order chi connectivity index (χ0) is 17.8. The van der Waals surface area contributed by atoms with Gasteiger partial charge in [0.25, 0.3) is 0 Å². The quantitative estimate of drug-likeness (QED) is 0.271. The number of hydrogen-bond acceptors (Lipinski definition) is 9. The summed E-state index contributed by atoms with van der Waals surface area (Å²) in [5.74, 6) is -2.03. The van der Waals surface area contributed by atoms with Crippen molar-refractivity contribution < 1.29 is 29.3 Å². The molecule has 0 spiro atoms. The summed E-state index contributed by atoms with van der Waals surface area (Å²) >= 11 is 0. The van der Waals surface area contributed by atoms with Crippen molar-refractivity contribution in [2.24, 2.45) is 5.11 Å². The molecule has 1 aromatic heterocycles. The van der Waals surface area contributed by atoms with Crippen LogP contribution in [0.3, 0.4) is 0 Å². The second kappa shape index (κ2) is 10.8. The van der Waals surface area contributed by atoms with Crippen molar-refractivity contribution in [1.29, 1.82) is 5.53 Å². The van der Waals surface area contributed by atoms with Gasteiger partial charge in [0, 0.05) is 6.20 Å². The Morgan fingerprint density at radius 1 is 1.33 bits per heavy atom. The first-order valence-electron chi connectivity index (χ1n) is 6.79. The van der Waals surface area contributed by atoms with Crippen molar-refractivity contribution in [3.05, 3.63) is 23.8 Å². The van der Waals surface area contributed by atoms with E-state index >= 15 is 0 Å². The van der Waals surface area contributed by atoms with E-state index in [2.05, 4.69) is 20.7 Å². The lowest BCUT2D eigenvalue weighted by Gasteiger charge is -2.05. The molecule has 0 atom stereocenters. The summed E-state index contributed by atoms with van der Waals surface area (Å²) in [6.45, 7) is 0.139. The molecule has 24 heavy (non-hydrogen) atoms. The van der Waals surface area contributed by atoms with E-state index < -0.39 is 11.9 Å². The van der Waals surface area contributed by atoms with Crippen LogP contribution in [0.25, 0.3) is 0 Å². The second-order valence-corrected chi connectivity index (χ2v) is 4.43. The van der Waals surface area contributed by atoms with Gasteiger partial charge in [-0.15, -0.1) is 5.10 Å². The smallest absolute Gasteiger partial charge is 0.325 e. The van der Waals surface area contributed by atoms with E-state index in [1.165, 1.54) is 17.1 Å². The summed E-state index contributed by atoms with van der Waals surface area (Å²) in [5.41, 5.74) is 7.66. The average Bonchev–Trinajstić information content (AvgIpc) is 2.95. The lowest BCUT2D eigenvalue weighted by atomic mass is 10.5. The molecule has 0 aromatic carbocycles. The van der Waals surface area contributed by atoms with Crippen molar-refractivity contribution >= 4 is 11.9 Å². The monoisotopic (exact) mass is 342 g/mol. The molecular formula is C12H18N6O6. The van der Waals surface area contributed by atoms with Gasteiger partial charge in [-0.3, -0.25) is 9.59 Å². The molecule has 1 heterocycles. The number of nitrogens with one attached hydrogen (secondary N) is 2. The number of nitrogens with zero attached hydrogens (tertiary/aromatic N) is 4. The van der Waals surface area contributed by atoms with Crippen LogP contribution in [0.5, 0.6) is 0 Å². The van der Waals surface area contributed by atoms with E-state index in [1.54, 1.807) is 0 Å². The summed E-state index contributed by atoms with van der Waals surface area (Å²) in [7, 11) is 0. The van der Waals surface area contributed by atoms with Gasteiger partial charge in [0.1, 0.15) is 24.5 Å². The highest BCUT2D eigenvalue weighted by atomic mass is 16.5. The summed E-state index contributed by atoms with van der Waals surface area (Å²) in [6.07, 6.45) is 2.77. The molecule has 0 aliphatic rings. The van der Waals surface area contributed by atoms with Crippen molar-refractivity contribution in [2.45, 2.75) is 13.2 Å². The highest BCUT2D eigenvalue weighted by Gasteiger charge is 2.04. The third-order valence-corrected chi connectivity index (χ3v) is 2.42. The van der Waals surface area contributed by atoms with Crippen LogP contribution in [-0.2, 0) is 32.2 Å². The molecule has 4 N–H and O–H groups in total. The molecule has 1 aromatic rings. The molecule has 0 saturated heterocycles. The molecule has 0 aliphatic carbocycles. The summed E-state index contributed by atoms with van der Waals surface area (Å²) < 4.78 is 11.7. The Bertz CT molecular complexity index is 586. The lowest BCUT2D eigenvalue weighted by Crippen LogP contribution is -2.18. The zero-order valence-electron chi connectivity index (χ0n) is 12.7. The number of aliphatic carboxylic acids is 2. The zero-order valence-corrected chi connectivity index (χ0v) is 12.7. The standard InChI is InChI=1S/C12H18N6O6/c13-15-9(3-14-4-11(19)20)7-23-1-2-24-8-10-5-18(17-16-10)6-12(21)22/h3,5,13-14H,1-2,4,6-8H2,(H,19,20)(H,21,22)/b9-3-,15-13?. The molecule has 0 fully saturated rings. The maximum atomic E-state index is 10.5. The van der Waals surface area contributed by atoms with Crippen molar-refractivity contribution in [3.63, 3.8) is 0 Å². The van der Waals surface area contributed by atoms with Crippen molar-refractivity contribution in [1.82, 2.24) is 20.3 Å². The Balaban J connectivity index is 2.14. The summed E-state index contributed by atoms with van der Waals surface area (Å²) in [4.78, 5) is 20.8. The normalized spacial score (nSPS) is 11.2. The van der Waals surface area contributed by atoms with Crippen LogP contribution in [0.4, 0.5) is 0 Å². The van der Waals surface area contributed by atoms with E-state index in [-0.39, 0.29) is 45.2 Å². The third-order valence-electron chi connectivity index (χ3n) is 2.42. The molecule has 0 saturated carbocycles. The Kier molecular flexibility index (Phi) is 8.63. The Morgan fingerprint density at radius 2 is 2.08 bits per heavy atom. The van der Waals surface area contributed by atoms with Crippen LogP contribution in [0, 0.1) is 5.53 Å². The van der Waals surface area contributed by atoms with Gasteiger partial charge in [-0.25, -0.2) is 10.2 Å². The fourth-order valence-electron chi connectivity index (χ4n) is 1.45. The fourth-order valence-corrected chi connectivity index (χ4v) is 1.45. The first kappa shape index (κ1) is 19.2. The number of hydrogen-bond donors (Lipinski definition) is 4.